The number of anilines is 2. The topological polar surface area (TPSA) is 211 Å². The van der Waals surface area contributed by atoms with E-state index < -0.39 is 48.6 Å². The number of carboxylic acids is 4. The lowest BCUT2D eigenvalue weighted by molar-refractivity contribution is -0.193. The fourth-order valence-corrected chi connectivity index (χ4v) is 3.36. The highest BCUT2D eigenvalue weighted by Gasteiger charge is 2.40. The number of benzene rings is 1. The van der Waals surface area contributed by atoms with E-state index in [-0.39, 0.29) is 11.7 Å². The Hall–Kier alpha value is -6.44. The van der Waals surface area contributed by atoms with Gasteiger partial charge in [-0.3, -0.25) is 9.78 Å². The molecule has 27 heteroatoms. The van der Waals surface area contributed by atoms with Crippen LogP contribution in [0.3, 0.4) is 0 Å². The molecule has 3 aromatic rings. The van der Waals surface area contributed by atoms with E-state index in [9.17, 15) is 61.9 Å². The number of rotatable bonds is 5. The van der Waals surface area contributed by atoms with Gasteiger partial charge in [0.1, 0.15) is 11.5 Å². The molecule has 1 amide bonds. The number of carboxylic acid groups (broad SMARTS) is 4. The molecule has 0 radical (unpaired) electrons. The predicted octanol–water partition coefficient (Wildman–Crippen LogP) is 5.41. The van der Waals surface area contributed by atoms with E-state index in [0.29, 0.717) is 12.2 Å². The molecule has 0 saturated carbocycles. The zero-order valence-electron chi connectivity index (χ0n) is 27.9. The van der Waals surface area contributed by atoms with Gasteiger partial charge >= 0.3 is 48.6 Å². The predicted molar refractivity (Wildman–Crippen MR) is 165 cm³/mol. The number of carbonyl (C=O) groups excluding carboxylic acids is 1. The Morgan fingerprint density at radius 2 is 0.912 bits per heavy atom. The lowest BCUT2D eigenvalue weighted by Gasteiger charge is -2.37. The number of piperazine rings is 1. The van der Waals surface area contributed by atoms with Crippen LogP contribution < -0.4 is 15.1 Å². The number of carbonyl (C=O) groups is 5. The molecule has 0 aliphatic carbocycles. The molecular weight excluding hydrogens is 821 g/mol. The van der Waals surface area contributed by atoms with Crippen molar-refractivity contribution in [2.45, 2.75) is 31.2 Å². The Kier molecular flexibility index (Phi) is 19.7. The maximum atomic E-state index is 12.9. The van der Waals surface area contributed by atoms with Crippen molar-refractivity contribution in [3.8, 4) is 0 Å². The van der Waals surface area contributed by atoms with Gasteiger partial charge in [0.25, 0.3) is 5.91 Å². The largest absolute Gasteiger partial charge is 0.490 e. The monoisotopic (exact) mass is 847 g/mol. The molecule has 0 bridgehead atoms. The van der Waals surface area contributed by atoms with Crippen molar-refractivity contribution in [2.75, 3.05) is 36.0 Å². The van der Waals surface area contributed by atoms with Crippen molar-refractivity contribution in [3.63, 3.8) is 0 Å². The molecule has 0 unspecified atom stereocenters. The zero-order chi connectivity index (χ0) is 44.4. The molecule has 316 valence electrons. The van der Waals surface area contributed by atoms with Crippen LogP contribution in [-0.4, -0.2) is 111 Å². The van der Waals surface area contributed by atoms with Gasteiger partial charge in [-0.2, -0.15) is 52.7 Å². The van der Waals surface area contributed by atoms with Crippen molar-refractivity contribution in [3.05, 3.63) is 84.2 Å². The van der Waals surface area contributed by atoms with E-state index in [1.807, 2.05) is 30.6 Å². The van der Waals surface area contributed by atoms with Gasteiger partial charge < -0.3 is 35.5 Å². The first-order valence-corrected chi connectivity index (χ1v) is 14.6. The molecule has 1 saturated heterocycles. The lowest BCUT2D eigenvalue weighted by atomic mass is 10.2. The molecule has 3 heterocycles. The second-order valence-electron chi connectivity index (χ2n) is 10.1. The summed E-state index contributed by atoms with van der Waals surface area (Å²) in [5.41, 5.74) is 3.40. The fraction of sp³-hybridized carbons (Fsp3) is 0.300. The number of alkyl halides is 12. The molecule has 1 aliphatic heterocycles. The first-order valence-electron chi connectivity index (χ1n) is 14.6. The highest BCUT2D eigenvalue weighted by Crippen LogP contribution is 2.20. The number of nitrogens with zero attached hydrogens (tertiary/aromatic N) is 4. The quantitative estimate of drug-likeness (QED) is 0.204. The lowest BCUT2D eigenvalue weighted by Crippen LogP contribution is -2.46. The molecule has 1 aliphatic rings. The second kappa shape index (κ2) is 22.2. The summed E-state index contributed by atoms with van der Waals surface area (Å²) in [6, 6.07) is 13.8. The average molecular weight is 848 g/mol. The summed E-state index contributed by atoms with van der Waals surface area (Å²) < 4.78 is 140. The summed E-state index contributed by atoms with van der Waals surface area (Å²) in [4.78, 5) is 60.9. The van der Waals surface area contributed by atoms with E-state index >= 15 is 0 Å². The van der Waals surface area contributed by atoms with E-state index in [1.165, 1.54) is 17.8 Å². The summed E-state index contributed by atoms with van der Waals surface area (Å²) in [5, 5.41) is 31.3. The standard InChI is InChI=1S/C22H22FN5O.4C2HF3O2/c23-18-3-1-17(2-4-18)15-26-22(29)21-6-5-20(16-25-21)28-13-11-27(12-14-28)19-7-9-24-10-8-19;4*3-2(4,5)1(6)7/h1-10,16H,11-15H2,(H,26,29);4*(H,6,7). The van der Waals surface area contributed by atoms with Gasteiger partial charge in [0.2, 0.25) is 0 Å². The molecule has 4 rings (SSSR count). The SMILES string of the molecule is O=C(NCc1ccc(F)cc1)c1ccc(N2CCN(c3ccncc3)CC2)cn1.O=C(O)C(F)(F)F.O=C(O)C(F)(F)F.O=C(O)C(F)(F)F.O=C(O)C(F)(F)F. The van der Waals surface area contributed by atoms with Gasteiger partial charge in [-0.1, -0.05) is 12.1 Å². The third-order valence-electron chi connectivity index (χ3n) is 5.99. The maximum absolute atomic E-state index is 12.9. The molecule has 1 aromatic carbocycles. The third-order valence-corrected chi connectivity index (χ3v) is 5.99. The van der Waals surface area contributed by atoms with Gasteiger partial charge in [0.05, 0.1) is 11.9 Å². The molecule has 1 fully saturated rings. The molecule has 14 nitrogen and oxygen atoms in total. The van der Waals surface area contributed by atoms with Gasteiger partial charge in [0.15, 0.2) is 0 Å². The van der Waals surface area contributed by atoms with E-state index in [1.54, 1.807) is 24.4 Å². The highest BCUT2D eigenvalue weighted by atomic mass is 19.4. The number of aliphatic carboxylic acids is 4. The van der Waals surface area contributed by atoms with Crippen LogP contribution >= 0.6 is 0 Å². The summed E-state index contributed by atoms with van der Waals surface area (Å²) >= 11 is 0. The Morgan fingerprint density at radius 1 is 0.561 bits per heavy atom. The Morgan fingerprint density at radius 3 is 1.23 bits per heavy atom. The summed E-state index contributed by atoms with van der Waals surface area (Å²) in [5.74, 6) is -11.6. The number of hydrogen-bond acceptors (Lipinski definition) is 9. The highest BCUT2D eigenvalue weighted by molar-refractivity contribution is 5.92. The van der Waals surface area contributed by atoms with Crippen LogP contribution in [0, 0.1) is 5.82 Å². The number of hydrogen-bond donors (Lipinski definition) is 5. The molecule has 5 N–H and O–H groups in total. The smallest absolute Gasteiger partial charge is 0.475 e. The second-order valence-corrected chi connectivity index (χ2v) is 10.1. The maximum Gasteiger partial charge on any atom is 0.490 e. The summed E-state index contributed by atoms with van der Waals surface area (Å²) in [6.07, 6.45) is -15.0. The van der Waals surface area contributed by atoms with E-state index in [2.05, 4.69) is 25.1 Å². The minimum Gasteiger partial charge on any atom is -0.475 e. The first kappa shape index (κ1) is 50.6. The Balaban J connectivity index is 0.000000909. The van der Waals surface area contributed by atoms with Crippen molar-refractivity contribution in [2.24, 2.45) is 0 Å². The van der Waals surface area contributed by atoms with Crippen LogP contribution in [-0.2, 0) is 25.7 Å². The van der Waals surface area contributed by atoms with Crippen molar-refractivity contribution in [1.29, 1.82) is 0 Å². The normalized spacial score (nSPS) is 12.6. The van der Waals surface area contributed by atoms with Crippen molar-refractivity contribution < 1.29 is 101 Å². The van der Waals surface area contributed by atoms with Gasteiger partial charge in [0, 0.05) is 50.8 Å². The number of aromatic nitrogens is 2. The van der Waals surface area contributed by atoms with Crippen molar-refractivity contribution >= 4 is 41.2 Å². The van der Waals surface area contributed by atoms with Crippen molar-refractivity contribution in [1.82, 2.24) is 15.3 Å². The third kappa shape index (κ3) is 21.3. The Bertz CT molecular complexity index is 1640. The summed E-state index contributed by atoms with van der Waals surface area (Å²) in [7, 11) is 0. The minimum atomic E-state index is -5.08. The van der Waals surface area contributed by atoms with E-state index in [0.717, 1.165) is 37.4 Å². The average Bonchev–Trinajstić information content (AvgIpc) is 3.11. The number of pyridine rings is 2. The van der Waals surface area contributed by atoms with Gasteiger partial charge in [-0.05, 0) is 42.0 Å². The van der Waals surface area contributed by atoms with Crippen LogP contribution in [0.25, 0.3) is 0 Å². The minimum absolute atomic E-state index is 0.247. The first-order chi connectivity index (χ1) is 26.0. The van der Waals surface area contributed by atoms with Crippen LogP contribution in [0.2, 0.25) is 0 Å². The van der Waals surface area contributed by atoms with Crippen LogP contribution in [0.1, 0.15) is 16.1 Å². The molecule has 0 atom stereocenters. The summed E-state index contributed by atoms with van der Waals surface area (Å²) in [6.45, 7) is 3.95. The number of nitrogens with one attached hydrogen (secondary N) is 1. The van der Waals surface area contributed by atoms with Crippen LogP contribution in [0.5, 0.6) is 0 Å². The fourth-order valence-electron chi connectivity index (χ4n) is 3.36. The number of halogens is 13. The number of amides is 1. The zero-order valence-corrected chi connectivity index (χ0v) is 27.9. The molecular formula is C30H26F13N5O9. The molecule has 57 heavy (non-hydrogen) atoms. The molecule has 2 aromatic heterocycles. The van der Waals surface area contributed by atoms with Crippen LogP contribution in [0.15, 0.2) is 67.1 Å². The molecule has 0 spiro atoms. The van der Waals surface area contributed by atoms with Gasteiger partial charge in [-0.25, -0.2) is 28.6 Å². The van der Waals surface area contributed by atoms with E-state index in [4.69, 9.17) is 39.6 Å². The van der Waals surface area contributed by atoms with Gasteiger partial charge in [-0.15, -0.1) is 0 Å². The Labute approximate surface area is 309 Å². The van der Waals surface area contributed by atoms with Crippen LogP contribution in [0.4, 0.5) is 68.5 Å².